The molecule has 31 heavy (non-hydrogen) atoms. The van der Waals surface area contributed by atoms with Crippen LogP contribution in [0.4, 0.5) is 0 Å². The molecule has 4 rings (SSSR count). The molecule has 2 fully saturated rings. The first-order valence-electron chi connectivity index (χ1n) is 11.4. The molecule has 6 heteroatoms. The third-order valence-corrected chi connectivity index (χ3v) is 6.86. The lowest BCUT2D eigenvalue weighted by Crippen LogP contribution is -3.21. The van der Waals surface area contributed by atoms with Crippen LogP contribution in [0.5, 0.6) is 11.5 Å². The summed E-state index contributed by atoms with van der Waals surface area (Å²) in [6.45, 7) is 7.31. The van der Waals surface area contributed by atoms with Crippen molar-refractivity contribution in [2.45, 2.75) is 25.4 Å². The van der Waals surface area contributed by atoms with Crippen LogP contribution in [0, 0.1) is 0 Å². The summed E-state index contributed by atoms with van der Waals surface area (Å²) >= 11 is 0. The van der Waals surface area contributed by atoms with Gasteiger partial charge in [-0.25, -0.2) is 0 Å². The summed E-state index contributed by atoms with van der Waals surface area (Å²) in [7, 11) is 3.22. The Kier molecular flexibility index (Phi) is 7.10. The fourth-order valence-electron chi connectivity index (χ4n) is 5.01. The minimum absolute atomic E-state index is 0.0679. The average Bonchev–Trinajstić information content (AvgIpc) is 2.84. The van der Waals surface area contributed by atoms with E-state index in [1.165, 1.54) is 31.5 Å². The lowest BCUT2D eigenvalue weighted by Gasteiger charge is -2.39. The SMILES string of the molecule is COc1cc(OC)cc(C(=O)N2CC[NH+](C3CC[NH+](Cc4ccccc4)CC3)CC2)c1. The maximum absolute atomic E-state index is 13.0. The number of nitrogens with one attached hydrogen (secondary N) is 2. The number of piperazine rings is 1. The molecule has 6 nitrogen and oxygen atoms in total. The number of amides is 1. The number of methoxy groups -OCH3 is 2. The molecule has 2 N–H and O–H groups in total. The number of likely N-dealkylation sites (tertiary alicyclic amines) is 1. The molecule has 0 unspecified atom stereocenters. The molecule has 2 aromatic carbocycles. The van der Waals surface area contributed by atoms with E-state index in [1.807, 2.05) is 4.90 Å². The summed E-state index contributed by atoms with van der Waals surface area (Å²) in [4.78, 5) is 18.4. The fourth-order valence-corrected chi connectivity index (χ4v) is 5.01. The molecule has 166 valence electrons. The van der Waals surface area contributed by atoms with Crippen molar-refractivity contribution >= 4 is 5.91 Å². The zero-order chi connectivity index (χ0) is 21.6. The van der Waals surface area contributed by atoms with Crippen LogP contribution >= 0.6 is 0 Å². The number of piperidine rings is 1. The van der Waals surface area contributed by atoms with Gasteiger partial charge in [0.15, 0.2) is 0 Å². The van der Waals surface area contributed by atoms with Gasteiger partial charge in [0, 0.05) is 30.0 Å². The highest BCUT2D eigenvalue weighted by atomic mass is 16.5. The molecular formula is C25H35N3O3+2. The van der Waals surface area contributed by atoms with Gasteiger partial charge in [-0.3, -0.25) is 4.79 Å². The second-order valence-electron chi connectivity index (χ2n) is 8.74. The first kappa shape index (κ1) is 21.7. The van der Waals surface area contributed by atoms with Crippen molar-refractivity contribution in [2.24, 2.45) is 0 Å². The van der Waals surface area contributed by atoms with Gasteiger partial charge in [0.25, 0.3) is 5.91 Å². The lowest BCUT2D eigenvalue weighted by atomic mass is 10.0. The van der Waals surface area contributed by atoms with E-state index in [-0.39, 0.29) is 5.91 Å². The number of benzene rings is 2. The molecule has 2 aliphatic heterocycles. The highest BCUT2D eigenvalue weighted by Crippen LogP contribution is 2.23. The molecule has 0 saturated carbocycles. The van der Waals surface area contributed by atoms with Crippen LogP contribution < -0.4 is 19.3 Å². The highest BCUT2D eigenvalue weighted by molar-refractivity contribution is 5.95. The third-order valence-electron chi connectivity index (χ3n) is 6.86. The summed E-state index contributed by atoms with van der Waals surface area (Å²) < 4.78 is 10.6. The van der Waals surface area contributed by atoms with Crippen LogP contribution in [-0.4, -0.2) is 70.3 Å². The Bertz CT molecular complexity index is 835. The maximum Gasteiger partial charge on any atom is 0.254 e. The third kappa shape index (κ3) is 5.38. The van der Waals surface area contributed by atoms with Crippen molar-refractivity contribution in [2.75, 3.05) is 53.5 Å². The fraction of sp³-hybridized carbons (Fsp3) is 0.480. The van der Waals surface area contributed by atoms with Gasteiger partial charge in [0.1, 0.15) is 18.0 Å². The Labute approximate surface area is 185 Å². The molecular weight excluding hydrogens is 390 g/mol. The zero-order valence-corrected chi connectivity index (χ0v) is 18.7. The summed E-state index contributed by atoms with van der Waals surface area (Å²) in [5.74, 6) is 1.37. The van der Waals surface area contributed by atoms with Crippen molar-refractivity contribution in [3.63, 3.8) is 0 Å². The van der Waals surface area contributed by atoms with E-state index < -0.39 is 0 Å². The Morgan fingerprint density at radius 1 is 0.935 bits per heavy atom. The van der Waals surface area contributed by atoms with Gasteiger partial charge >= 0.3 is 0 Å². The molecule has 2 saturated heterocycles. The van der Waals surface area contributed by atoms with E-state index >= 15 is 0 Å². The van der Waals surface area contributed by atoms with E-state index in [2.05, 4.69) is 30.3 Å². The standard InChI is InChI=1S/C25H33N3O3/c1-30-23-16-21(17-24(18-23)31-2)25(29)28-14-12-27(13-15-28)22-8-10-26(11-9-22)19-20-6-4-3-5-7-20/h3-7,16-18,22H,8-15,19H2,1-2H3/p+2. The van der Waals surface area contributed by atoms with Crippen LogP contribution in [0.2, 0.25) is 0 Å². The van der Waals surface area contributed by atoms with Crippen LogP contribution in [-0.2, 0) is 6.54 Å². The number of ether oxygens (including phenoxy) is 2. The predicted octanol–water partition coefficient (Wildman–Crippen LogP) is 0.292. The van der Waals surface area contributed by atoms with E-state index in [9.17, 15) is 4.79 Å². The molecule has 0 aromatic heterocycles. The summed E-state index contributed by atoms with van der Waals surface area (Å²) in [6.07, 6.45) is 2.55. The quantitative estimate of drug-likeness (QED) is 0.700. The molecule has 2 aromatic rings. The summed E-state index contributed by atoms with van der Waals surface area (Å²) in [5.41, 5.74) is 2.07. The van der Waals surface area contributed by atoms with Crippen molar-refractivity contribution in [3.8, 4) is 11.5 Å². The second-order valence-corrected chi connectivity index (χ2v) is 8.74. The van der Waals surface area contributed by atoms with Crippen molar-refractivity contribution < 1.29 is 24.1 Å². The number of hydrogen-bond donors (Lipinski definition) is 2. The van der Waals surface area contributed by atoms with Crippen LogP contribution in [0.25, 0.3) is 0 Å². The van der Waals surface area contributed by atoms with Gasteiger partial charge in [-0.2, -0.15) is 0 Å². The van der Waals surface area contributed by atoms with Crippen molar-refractivity contribution in [1.29, 1.82) is 0 Å². The van der Waals surface area contributed by atoms with Crippen molar-refractivity contribution in [3.05, 3.63) is 59.7 Å². The lowest BCUT2D eigenvalue weighted by molar-refractivity contribution is -0.965. The Morgan fingerprint density at radius 2 is 1.55 bits per heavy atom. The number of quaternary nitrogens is 2. The molecule has 2 aliphatic rings. The van der Waals surface area contributed by atoms with E-state index in [4.69, 9.17) is 9.47 Å². The Hall–Kier alpha value is -2.57. The second kappa shape index (κ2) is 10.2. The van der Waals surface area contributed by atoms with E-state index in [1.54, 1.807) is 42.2 Å². The van der Waals surface area contributed by atoms with Gasteiger partial charge in [-0.05, 0) is 12.1 Å². The van der Waals surface area contributed by atoms with Crippen LogP contribution in [0.1, 0.15) is 28.8 Å². The van der Waals surface area contributed by atoms with Crippen LogP contribution in [0.15, 0.2) is 48.5 Å². The smallest absolute Gasteiger partial charge is 0.254 e. The van der Waals surface area contributed by atoms with Crippen molar-refractivity contribution in [1.82, 2.24) is 4.90 Å². The number of carbonyl (C=O) groups is 1. The van der Waals surface area contributed by atoms with Gasteiger partial charge in [-0.15, -0.1) is 0 Å². The average molecular weight is 426 g/mol. The van der Waals surface area contributed by atoms with Gasteiger partial charge < -0.3 is 24.2 Å². The minimum Gasteiger partial charge on any atom is -0.497 e. The molecule has 1 amide bonds. The Morgan fingerprint density at radius 3 is 2.13 bits per heavy atom. The monoisotopic (exact) mass is 425 g/mol. The number of carbonyl (C=O) groups excluding carboxylic acids is 1. The van der Waals surface area contributed by atoms with Gasteiger partial charge in [0.2, 0.25) is 0 Å². The largest absolute Gasteiger partial charge is 0.497 e. The summed E-state index contributed by atoms with van der Waals surface area (Å²) in [5, 5.41) is 0. The molecule has 2 heterocycles. The molecule has 0 bridgehead atoms. The number of nitrogens with zero attached hydrogens (tertiary/aromatic N) is 1. The predicted molar refractivity (Wildman–Crippen MR) is 120 cm³/mol. The number of hydrogen-bond acceptors (Lipinski definition) is 3. The summed E-state index contributed by atoms with van der Waals surface area (Å²) in [6, 6.07) is 17.0. The topological polar surface area (TPSA) is 47.6 Å². The zero-order valence-electron chi connectivity index (χ0n) is 18.7. The molecule has 0 atom stereocenters. The molecule has 0 spiro atoms. The number of rotatable bonds is 6. The van der Waals surface area contributed by atoms with E-state index in [0.717, 1.165) is 38.8 Å². The highest BCUT2D eigenvalue weighted by Gasteiger charge is 2.33. The van der Waals surface area contributed by atoms with Gasteiger partial charge in [-0.1, -0.05) is 30.3 Å². The van der Waals surface area contributed by atoms with Gasteiger partial charge in [0.05, 0.1) is 59.5 Å². The molecule has 0 aliphatic carbocycles. The normalized spacial score (nSPS) is 22.2. The molecule has 0 radical (unpaired) electrons. The minimum atomic E-state index is 0.0679. The maximum atomic E-state index is 13.0. The first-order chi connectivity index (χ1) is 15.2. The van der Waals surface area contributed by atoms with Crippen LogP contribution in [0.3, 0.4) is 0 Å². The Balaban J connectivity index is 1.27. The first-order valence-corrected chi connectivity index (χ1v) is 11.4. The van der Waals surface area contributed by atoms with E-state index in [0.29, 0.717) is 17.1 Å².